The van der Waals surface area contributed by atoms with Crippen molar-refractivity contribution < 1.29 is 14.0 Å². The van der Waals surface area contributed by atoms with Crippen molar-refractivity contribution in [2.45, 2.75) is 45.7 Å². The van der Waals surface area contributed by atoms with Crippen molar-refractivity contribution >= 4 is 11.8 Å². The molecule has 0 saturated carbocycles. The Hall–Kier alpha value is -2.70. The Morgan fingerprint density at radius 2 is 2.23 bits per heavy atom. The van der Waals surface area contributed by atoms with Crippen LogP contribution in [0.1, 0.15) is 35.4 Å². The molecule has 2 N–H and O–H groups in total. The lowest BCUT2D eigenvalue weighted by atomic mass is 10.1. The van der Waals surface area contributed by atoms with Gasteiger partial charge in [-0.15, -0.1) is 0 Å². The summed E-state index contributed by atoms with van der Waals surface area (Å²) in [6, 6.07) is 6.01. The van der Waals surface area contributed by atoms with E-state index < -0.39 is 0 Å². The third kappa shape index (κ3) is 4.28. The number of carbonyl (C=O) groups excluding carboxylic acids is 2. The van der Waals surface area contributed by atoms with Gasteiger partial charge in [0.1, 0.15) is 5.82 Å². The summed E-state index contributed by atoms with van der Waals surface area (Å²) in [5.74, 6) is -0.434. The van der Waals surface area contributed by atoms with E-state index in [9.17, 15) is 14.0 Å². The number of carbonyl (C=O) groups is 2. The molecule has 138 valence electrons. The van der Waals surface area contributed by atoms with Crippen LogP contribution >= 0.6 is 0 Å². The van der Waals surface area contributed by atoms with Crippen LogP contribution in [0.15, 0.2) is 24.3 Å². The van der Waals surface area contributed by atoms with Gasteiger partial charge >= 0.3 is 0 Å². The van der Waals surface area contributed by atoms with Gasteiger partial charge in [-0.1, -0.05) is 12.1 Å². The number of rotatable bonds is 6. The second-order valence-electron chi connectivity index (χ2n) is 6.79. The summed E-state index contributed by atoms with van der Waals surface area (Å²) in [5, 5.41) is 10.0. The number of halogens is 1. The zero-order chi connectivity index (χ0) is 18.7. The van der Waals surface area contributed by atoms with E-state index in [1.807, 2.05) is 13.8 Å². The predicted octanol–water partition coefficient (Wildman–Crippen LogP) is 2.02. The highest BCUT2D eigenvalue weighted by Gasteiger charge is 2.30. The molecule has 0 bridgehead atoms. The molecule has 6 nitrogen and oxygen atoms in total. The third-order valence-corrected chi connectivity index (χ3v) is 4.78. The molecule has 0 spiro atoms. The first-order valence-corrected chi connectivity index (χ1v) is 8.74. The molecule has 0 radical (unpaired) electrons. The highest BCUT2D eigenvalue weighted by atomic mass is 19.1. The molecule has 1 aromatic carbocycles. The Balaban J connectivity index is 1.49. The minimum atomic E-state index is -0.317. The standard InChI is InChI=1S/C19H23FN4O2/c1-12-13(2)22-23-17(12)6-7-18(25)21-16-9-19(26)24(11-16)10-14-4-3-5-15(20)8-14/h3-5,8,16H,6-7,9-11H2,1-2H3,(H,21,25)(H,22,23). The van der Waals surface area contributed by atoms with Crippen LogP contribution in [-0.2, 0) is 22.6 Å². The van der Waals surface area contributed by atoms with Crippen LogP contribution in [0.5, 0.6) is 0 Å². The number of H-pyrrole nitrogens is 1. The summed E-state index contributed by atoms with van der Waals surface area (Å²) in [4.78, 5) is 26.0. The first-order valence-electron chi connectivity index (χ1n) is 8.74. The molecule has 1 aromatic heterocycles. The van der Waals surface area contributed by atoms with Crippen LogP contribution in [0.2, 0.25) is 0 Å². The Kier molecular flexibility index (Phi) is 5.35. The first kappa shape index (κ1) is 18.1. The average molecular weight is 358 g/mol. The number of aromatic amines is 1. The van der Waals surface area contributed by atoms with Crippen LogP contribution in [-0.4, -0.2) is 39.5 Å². The van der Waals surface area contributed by atoms with Crippen molar-refractivity contribution in [1.82, 2.24) is 20.4 Å². The first-order chi connectivity index (χ1) is 12.4. The number of hydrogen-bond donors (Lipinski definition) is 2. The van der Waals surface area contributed by atoms with E-state index in [1.165, 1.54) is 12.1 Å². The lowest BCUT2D eigenvalue weighted by Crippen LogP contribution is -2.37. The van der Waals surface area contributed by atoms with Crippen LogP contribution in [0.4, 0.5) is 4.39 Å². The second-order valence-corrected chi connectivity index (χ2v) is 6.79. The molecular weight excluding hydrogens is 335 g/mol. The Morgan fingerprint density at radius 1 is 1.42 bits per heavy atom. The van der Waals surface area contributed by atoms with Crippen LogP contribution in [0.3, 0.4) is 0 Å². The van der Waals surface area contributed by atoms with Gasteiger partial charge in [0.25, 0.3) is 0 Å². The Bertz CT molecular complexity index is 818. The zero-order valence-corrected chi connectivity index (χ0v) is 15.0. The highest BCUT2D eigenvalue weighted by Crippen LogP contribution is 2.16. The number of nitrogens with one attached hydrogen (secondary N) is 2. The number of aromatic nitrogens is 2. The quantitative estimate of drug-likeness (QED) is 0.829. The summed E-state index contributed by atoms with van der Waals surface area (Å²) >= 11 is 0. The lowest BCUT2D eigenvalue weighted by molar-refractivity contribution is -0.128. The molecule has 1 atom stereocenters. The Labute approximate surface area is 151 Å². The van der Waals surface area contributed by atoms with Gasteiger partial charge in [0.15, 0.2) is 0 Å². The normalized spacial score (nSPS) is 17.0. The minimum Gasteiger partial charge on any atom is -0.351 e. The molecule has 1 unspecified atom stereocenters. The molecule has 2 amide bonds. The van der Waals surface area contributed by atoms with Crippen molar-refractivity contribution in [3.8, 4) is 0 Å². The number of nitrogens with zero attached hydrogens (tertiary/aromatic N) is 2. The van der Waals surface area contributed by atoms with E-state index in [-0.39, 0.29) is 30.1 Å². The third-order valence-electron chi connectivity index (χ3n) is 4.78. The van der Waals surface area contributed by atoms with E-state index >= 15 is 0 Å². The summed E-state index contributed by atoms with van der Waals surface area (Å²) in [5.41, 5.74) is 3.73. The van der Waals surface area contributed by atoms with Crippen molar-refractivity contribution in [2.75, 3.05) is 6.54 Å². The van der Waals surface area contributed by atoms with Gasteiger partial charge in [0, 0.05) is 38.0 Å². The fraction of sp³-hybridized carbons (Fsp3) is 0.421. The van der Waals surface area contributed by atoms with E-state index in [0.717, 1.165) is 22.5 Å². The molecular formula is C19H23FN4O2. The van der Waals surface area contributed by atoms with E-state index in [0.29, 0.717) is 25.9 Å². The van der Waals surface area contributed by atoms with Gasteiger partial charge in [-0.25, -0.2) is 4.39 Å². The van der Waals surface area contributed by atoms with Crippen molar-refractivity contribution in [3.05, 3.63) is 52.6 Å². The average Bonchev–Trinajstić information content (AvgIpc) is 3.09. The number of aryl methyl sites for hydroxylation is 2. The number of likely N-dealkylation sites (tertiary alicyclic amines) is 1. The van der Waals surface area contributed by atoms with Crippen LogP contribution in [0.25, 0.3) is 0 Å². The predicted molar refractivity (Wildman–Crippen MR) is 94.7 cm³/mol. The van der Waals surface area contributed by atoms with E-state index in [4.69, 9.17) is 0 Å². The maximum Gasteiger partial charge on any atom is 0.225 e. The monoisotopic (exact) mass is 358 g/mol. The van der Waals surface area contributed by atoms with Crippen molar-refractivity contribution in [2.24, 2.45) is 0 Å². The summed E-state index contributed by atoms with van der Waals surface area (Å²) in [6.45, 7) is 4.73. The summed E-state index contributed by atoms with van der Waals surface area (Å²) in [7, 11) is 0. The number of amides is 2. The van der Waals surface area contributed by atoms with Crippen LogP contribution < -0.4 is 5.32 Å². The zero-order valence-electron chi connectivity index (χ0n) is 15.0. The Morgan fingerprint density at radius 3 is 2.92 bits per heavy atom. The summed E-state index contributed by atoms with van der Waals surface area (Å²) in [6.07, 6.45) is 1.18. The lowest BCUT2D eigenvalue weighted by Gasteiger charge is -2.17. The maximum absolute atomic E-state index is 13.3. The summed E-state index contributed by atoms with van der Waals surface area (Å²) < 4.78 is 13.3. The molecule has 3 rings (SSSR count). The SMILES string of the molecule is Cc1[nH]nc(CCC(=O)NC2CC(=O)N(Cc3cccc(F)c3)C2)c1C. The largest absolute Gasteiger partial charge is 0.351 e. The molecule has 7 heteroatoms. The van der Waals surface area contributed by atoms with Crippen molar-refractivity contribution in [1.29, 1.82) is 0 Å². The highest BCUT2D eigenvalue weighted by molar-refractivity contribution is 5.82. The molecule has 2 heterocycles. The van der Waals surface area contributed by atoms with Gasteiger partial charge in [-0.05, 0) is 37.1 Å². The number of benzene rings is 1. The van der Waals surface area contributed by atoms with Crippen molar-refractivity contribution in [3.63, 3.8) is 0 Å². The molecule has 2 aromatic rings. The van der Waals surface area contributed by atoms with Crippen LogP contribution in [0, 0.1) is 19.7 Å². The fourth-order valence-corrected chi connectivity index (χ4v) is 3.19. The van der Waals surface area contributed by atoms with Gasteiger partial charge < -0.3 is 10.2 Å². The second kappa shape index (κ2) is 7.68. The van der Waals surface area contributed by atoms with Gasteiger partial charge in [0.05, 0.1) is 11.7 Å². The van der Waals surface area contributed by atoms with Gasteiger partial charge in [0.2, 0.25) is 11.8 Å². The molecule has 1 saturated heterocycles. The van der Waals surface area contributed by atoms with E-state index in [1.54, 1.807) is 17.0 Å². The molecule has 1 fully saturated rings. The maximum atomic E-state index is 13.3. The smallest absolute Gasteiger partial charge is 0.225 e. The topological polar surface area (TPSA) is 78.1 Å². The molecule has 1 aliphatic heterocycles. The van der Waals surface area contributed by atoms with Gasteiger partial charge in [-0.3, -0.25) is 14.7 Å². The molecule has 1 aliphatic rings. The number of hydrogen-bond acceptors (Lipinski definition) is 3. The molecule has 0 aliphatic carbocycles. The van der Waals surface area contributed by atoms with E-state index in [2.05, 4.69) is 15.5 Å². The van der Waals surface area contributed by atoms with Gasteiger partial charge in [-0.2, -0.15) is 5.10 Å². The molecule has 26 heavy (non-hydrogen) atoms. The fourth-order valence-electron chi connectivity index (χ4n) is 3.19. The minimum absolute atomic E-state index is 0.0293.